The van der Waals surface area contributed by atoms with Crippen LogP contribution >= 0.6 is 15.9 Å². The molecule has 0 bridgehead atoms. The van der Waals surface area contributed by atoms with Gasteiger partial charge in [-0.2, -0.15) is 0 Å². The van der Waals surface area contributed by atoms with Gasteiger partial charge in [0.2, 0.25) is 10.0 Å². The van der Waals surface area contributed by atoms with E-state index in [4.69, 9.17) is 0 Å². The van der Waals surface area contributed by atoms with Crippen LogP contribution in [0.1, 0.15) is 31.4 Å². The molecule has 1 N–H and O–H groups in total. The van der Waals surface area contributed by atoms with E-state index < -0.39 is 10.0 Å². The first-order valence-electron chi connectivity index (χ1n) is 6.04. The average Bonchev–Trinajstić information content (AvgIpc) is 2.35. The smallest absolute Gasteiger partial charge is 0.211 e. The lowest BCUT2D eigenvalue weighted by molar-refractivity contribution is 0.561. The van der Waals surface area contributed by atoms with Gasteiger partial charge in [-0.05, 0) is 23.5 Å². The van der Waals surface area contributed by atoms with E-state index in [0.717, 1.165) is 10.9 Å². The number of benzene rings is 1. The predicted molar refractivity (Wildman–Crippen MR) is 79.2 cm³/mol. The molecule has 0 aromatic heterocycles. The van der Waals surface area contributed by atoms with E-state index in [2.05, 4.69) is 20.7 Å². The number of halogens is 1. The quantitative estimate of drug-likeness (QED) is 0.779. The van der Waals surface area contributed by atoms with E-state index in [1.54, 1.807) is 0 Å². The first-order valence-corrected chi connectivity index (χ1v) is 8.81. The largest absolute Gasteiger partial charge is 0.212 e. The molecule has 1 aromatic carbocycles. The van der Waals surface area contributed by atoms with E-state index in [1.807, 2.05) is 38.1 Å². The third-order valence-electron chi connectivity index (χ3n) is 2.64. The average molecular weight is 334 g/mol. The number of rotatable bonds is 7. The normalized spacial score (nSPS) is 12.0. The van der Waals surface area contributed by atoms with Crippen molar-refractivity contribution in [2.75, 3.05) is 5.75 Å². The lowest BCUT2D eigenvalue weighted by atomic mass is 10.2. The van der Waals surface area contributed by atoms with Gasteiger partial charge in [-0.25, -0.2) is 13.1 Å². The van der Waals surface area contributed by atoms with Crippen molar-refractivity contribution in [2.45, 2.75) is 32.1 Å². The fourth-order valence-electron chi connectivity index (χ4n) is 1.40. The maximum atomic E-state index is 11.7. The van der Waals surface area contributed by atoms with Gasteiger partial charge in [-0.15, -0.1) is 0 Å². The van der Waals surface area contributed by atoms with Crippen molar-refractivity contribution in [3.63, 3.8) is 0 Å². The Kier molecular flexibility index (Phi) is 6.32. The molecule has 3 nitrogen and oxygen atoms in total. The van der Waals surface area contributed by atoms with Crippen molar-refractivity contribution < 1.29 is 8.42 Å². The first-order chi connectivity index (χ1) is 8.43. The van der Waals surface area contributed by atoms with Crippen molar-refractivity contribution in [1.29, 1.82) is 0 Å². The highest BCUT2D eigenvalue weighted by Crippen LogP contribution is 2.08. The van der Waals surface area contributed by atoms with E-state index in [0.29, 0.717) is 18.9 Å². The highest BCUT2D eigenvalue weighted by Gasteiger charge is 2.10. The summed E-state index contributed by atoms with van der Waals surface area (Å²) in [4.78, 5) is 0. The number of nitrogens with one attached hydrogen (secondary N) is 1. The van der Waals surface area contributed by atoms with Crippen LogP contribution < -0.4 is 4.72 Å². The summed E-state index contributed by atoms with van der Waals surface area (Å²) in [6.07, 6.45) is 0.692. The van der Waals surface area contributed by atoms with Crippen molar-refractivity contribution in [3.8, 4) is 0 Å². The Labute approximate surface area is 118 Å². The molecule has 0 spiro atoms. The molecule has 0 saturated heterocycles. The number of alkyl halides is 1. The van der Waals surface area contributed by atoms with E-state index >= 15 is 0 Å². The molecule has 0 amide bonds. The lowest BCUT2D eigenvalue weighted by Crippen LogP contribution is -2.26. The molecule has 1 rings (SSSR count). The van der Waals surface area contributed by atoms with Crippen molar-refractivity contribution in [3.05, 3.63) is 35.4 Å². The topological polar surface area (TPSA) is 46.2 Å². The summed E-state index contributed by atoms with van der Waals surface area (Å²) in [5, 5.41) is 0.813. The second kappa shape index (κ2) is 7.26. The van der Waals surface area contributed by atoms with Gasteiger partial charge >= 0.3 is 0 Å². The van der Waals surface area contributed by atoms with Crippen LogP contribution in [0.2, 0.25) is 0 Å². The Morgan fingerprint density at radius 1 is 1.17 bits per heavy atom. The molecule has 0 fully saturated rings. The third-order valence-corrected chi connectivity index (χ3v) is 4.64. The van der Waals surface area contributed by atoms with Crippen LogP contribution in [0, 0.1) is 5.92 Å². The van der Waals surface area contributed by atoms with Gasteiger partial charge in [0, 0.05) is 11.9 Å². The monoisotopic (exact) mass is 333 g/mol. The van der Waals surface area contributed by atoms with E-state index in [1.165, 1.54) is 5.56 Å². The summed E-state index contributed by atoms with van der Waals surface area (Å²) >= 11 is 3.38. The lowest BCUT2D eigenvalue weighted by Gasteiger charge is -2.08. The molecule has 18 heavy (non-hydrogen) atoms. The fourth-order valence-corrected chi connectivity index (χ4v) is 3.09. The molecule has 102 valence electrons. The summed E-state index contributed by atoms with van der Waals surface area (Å²) < 4.78 is 26.1. The second-order valence-electron chi connectivity index (χ2n) is 4.77. The Balaban J connectivity index is 2.48. The second-order valence-corrected chi connectivity index (χ2v) is 7.26. The van der Waals surface area contributed by atoms with Crippen molar-refractivity contribution >= 4 is 26.0 Å². The molecule has 0 aliphatic heterocycles. The van der Waals surface area contributed by atoms with E-state index in [9.17, 15) is 8.42 Å². The van der Waals surface area contributed by atoms with Crippen LogP contribution in [-0.4, -0.2) is 14.2 Å². The van der Waals surface area contributed by atoms with Gasteiger partial charge < -0.3 is 0 Å². The van der Waals surface area contributed by atoms with Crippen LogP contribution in [0.15, 0.2) is 24.3 Å². The summed E-state index contributed by atoms with van der Waals surface area (Å²) in [5.41, 5.74) is 2.16. The standard InChI is InChI=1S/C13H20BrNO2S/c1-11(2)7-8-18(16,17)15-10-13-5-3-12(9-14)4-6-13/h3-6,11,15H,7-10H2,1-2H3. The molecule has 5 heteroatoms. The fraction of sp³-hybridized carbons (Fsp3) is 0.538. The van der Waals surface area contributed by atoms with E-state index in [-0.39, 0.29) is 5.75 Å². The highest BCUT2D eigenvalue weighted by molar-refractivity contribution is 9.08. The van der Waals surface area contributed by atoms with Crippen LogP contribution in [0.5, 0.6) is 0 Å². The molecule has 0 unspecified atom stereocenters. The minimum absolute atomic E-state index is 0.199. The SMILES string of the molecule is CC(C)CCS(=O)(=O)NCc1ccc(CBr)cc1. The Morgan fingerprint density at radius 3 is 2.22 bits per heavy atom. The minimum Gasteiger partial charge on any atom is -0.212 e. The van der Waals surface area contributed by atoms with Gasteiger partial charge in [0.05, 0.1) is 5.75 Å². The summed E-state index contributed by atoms with van der Waals surface area (Å²) in [6, 6.07) is 7.88. The summed E-state index contributed by atoms with van der Waals surface area (Å²) in [5.74, 6) is 0.601. The predicted octanol–water partition coefficient (Wildman–Crippen LogP) is 3.05. The highest BCUT2D eigenvalue weighted by atomic mass is 79.9. The van der Waals surface area contributed by atoms with Crippen LogP contribution in [0.25, 0.3) is 0 Å². The summed E-state index contributed by atoms with van der Waals surface area (Å²) in [7, 11) is -3.15. The van der Waals surface area contributed by atoms with Gasteiger partial charge in [0.25, 0.3) is 0 Å². The van der Waals surface area contributed by atoms with Gasteiger partial charge in [0.1, 0.15) is 0 Å². The third kappa shape index (κ3) is 5.98. The zero-order chi connectivity index (χ0) is 13.6. The van der Waals surface area contributed by atoms with Crippen LogP contribution in [0.4, 0.5) is 0 Å². The molecule has 0 aliphatic carbocycles. The first kappa shape index (κ1) is 15.7. The zero-order valence-corrected chi connectivity index (χ0v) is 13.2. The molecule has 0 aliphatic rings. The molecular weight excluding hydrogens is 314 g/mol. The maximum Gasteiger partial charge on any atom is 0.211 e. The summed E-state index contributed by atoms with van der Waals surface area (Å²) in [6.45, 7) is 4.41. The molecule has 0 heterocycles. The Morgan fingerprint density at radius 2 is 1.72 bits per heavy atom. The number of hydrogen-bond acceptors (Lipinski definition) is 2. The molecule has 0 saturated carbocycles. The Bertz CT molecular complexity index is 454. The molecule has 0 atom stereocenters. The molecular formula is C13H20BrNO2S. The zero-order valence-electron chi connectivity index (χ0n) is 10.8. The maximum absolute atomic E-state index is 11.7. The van der Waals surface area contributed by atoms with Crippen molar-refractivity contribution in [2.24, 2.45) is 5.92 Å². The minimum atomic E-state index is -3.15. The van der Waals surface area contributed by atoms with Gasteiger partial charge in [-0.3, -0.25) is 0 Å². The number of hydrogen-bond donors (Lipinski definition) is 1. The van der Waals surface area contributed by atoms with Gasteiger partial charge in [-0.1, -0.05) is 54.0 Å². The van der Waals surface area contributed by atoms with Gasteiger partial charge in [0.15, 0.2) is 0 Å². The molecule has 0 radical (unpaired) electrons. The number of sulfonamides is 1. The van der Waals surface area contributed by atoms with Crippen LogP contribution in [-0.2, 0) is 21.9 Å². The Hall–Kier alpha value is -0.390. The van der Waals surface area contributed by atoms with Crippen molar-refractivity contribution in [1.82, 2.24) is 4.72 Å². The van der Waals surface area contributed by atoms with Crippen LogP contribution in [0.3, 0.4) is 0 Å². The molecule has 1 aromatic rings.